The van der Waals surface area contributed by atoms with Gasteiger partial charge in [0.15, 0.2) is 5.13 Å². The number of rotatable bonds is 5. The molecule has 1 rings (SSSR count). The van der Waals surface area contributed by atoms with E-state index in [0.29, 0.717) is 0 Å². The van der Waals surface area contributed by atoms with E-state index in [9.17, 15) is 0 Å². The fourth-order valence-electron chi connectivity index (χ4n) is 1.01. The van der Waals surface area contributed by atoms with Crippen LogP contribution in [0.2, 0.25) is 0 Å². The van der Waals surface area contributed by atoms with Gasteiger partial charge in [0.25, 0.3) is 0 Å². The summed E-state index contributed by atoms with van der Waals surface area (Å²) >= 11 is 1.63. The normalized spacial score (nSPS) is 12.8. The van der Waals surface area contributed by atoms with Crippen LogP contribution in [0, 0.1) is 6.92 Å². The van der Waals surface area contributed by atoms with E-state index in [1.165, 1.54) is 0 Å². The number of hydrogen-bond acceptors (Lipinski definition) is 4. The Balaban J connectivity index is 2.26. The van der Waals surface area contributed by atoms with Crippen molar-refractivity contribution >= 4 is 16.5 Å². The molecule has 4 heteroatoms. The van der Waals surface area contributed by atoms with E-state index in [-0.39, 0.29) is 6.10 Å². The van der Waals surface area contributed by atoms with E-state index < -0.39 is 0 Å². The molecule has 0 aliphatic rings. The topological polar surface area (TPSA) is 34.1 Å². The highest BCUT2D eigenvalue weighted by Crippen LogP contribution is 2.14. The van der Waals surface area contributed by atoms with Gasteiger partial charge < -0.3 is 10.1 Å². The number of hydrogen-bond donors (Lipinski definition) is 1. The first-order valence-corrected chi connectivity index (χ1v) is 5.38. The van der Waals surface area contributed by atoms with Crippen LogP contribution in [0.1, 0.15) is 19.5 Å². The summed E-state index contributed by atoms with van der Waals surface area (Å²) in [6.07, 6.45) is 0.245. The summed E-state index contributed by atoms with van der Waals surface area (Å²) in [7, 11) is 0. The number of aromatic nitrogens is 1. The Hall–Kier alpha value is -0.610. The number of nitrogens with one attached hydrogen (secondary N) is 1. The Morgan fingerprint density at radius 2 is 2.46 bits per heavy atom. The maximum atomic E-state index is 5.38. The molecule has 1 atom stereocenters. The predicted octanol–water partition coefficient (Wildman–Crippen LogP) is 2.29. The van der Waals surface area contributed by atoms with Gasteiger partial charge in [0.1, 0.15) is 0 Å². The number of anilines is 1. The molecule has 0 aromatic carbocycles. The first-order chi connectivity index (χ1) is 6.22. The second kappa shape index (κ2) is 5.19. The molecule has 1 aromatic rings. The molecule has 1 aromatic heterocycles. The standard InChI is InChI=1S/C9H16N2OS/c1-4-12-8(3)5-10-9-11-7(2)6-13-9/h6,8H,4-5H2,1-3H3,(H,10,11). The molecule has 0 aliphatic carbocycles. The van der Waals surface area contributed by atoms with Gasteiger partial charge >= 0.3 is 0 Å². The summed E-state index contributed by atoms with van der Waals surface area (Å²) in [5.41, 5.74) is 1.07. The Morgan fingerprint density at radius 3 is 3.00 bits per heavy atom. The van der Waals surface area contributed by atoms with Gasteiger partial charge in [-0.1, -0.05) is 0 Å². The fourth-order valence-corrected chi connectivity index (χ4v) is 1.71. The molecule has 3 nitrogen and oxygen atoms in total. The Bertz CT molecular complexity index is 250. The maximum absolute atomic E-state index is 5.38. The number of aryl methyl sites for hydroxylation is 1. The molecule has 0 aliphatic heterocycles. The van der Waals surface area contributed by atoms with Gasteiger partial charge in [-0.3, -0.25) is 0 Å². The average molecular weight is 200 g/mol. The zero-order valence-corrected chi connectivity index (χ0v) is 9.15. The first-order valence-electron chi connectivity index (χ1n) is 4.50. The molecule has 1 unspecified atom stereocenters. The lowest BCUT2D eigenvalue weighted by Gasteiger charge is -2.11. The molecular formula is C9H16N2OS. The van der Waals surface area contributed by atoms with E-state index in [1.54, 1.807) is 11.3 Å². The molecule has 0 saturated carbocycles. The first kappa shape index (κ1) is 10.5. The van der Waals surface area contributed by atoms with Gasteiger partial charge in [-0.15, -0.1) is 11.3 Å². The van der Waals surface area contributed by atoms with Crippen molar-refractivity contribution in [1.82, 2.24) is 4.98 Å². The predicted molar refractivity (Wildman–Crippen MR) is 56.4 cm³/mol. The van der Waals surface area contributed by atoms with Crippen molar-refractivity contribution in [3.05, 3.63) is 11.1 Å². The van der Waals surface area contributed by atoms with Crippen molar-refractivity contribution in [1.29, 1.82) is 0 Å². The van der Waals surface area contributed by atoms with Crippen molar-refractivity contribution in [2.45, 2.75) is 26.9 Å². The molecule has 74 valence electrons. The molecule has 0 spiro atoms. The average Bonchev–Trinajstić information content (AvgIpc) is 2.49. The van der Waals surface area contributed by atoms with E-state index >= 15 is 0 Å². The Morgan fingerprint density at radius 1 is 1.69 bits per heavy atom. The van der Waals surface area contributed by atoms with Crippen molar-refractivity contribution in [2.75, 3.05) is 18.5 Å². The van der Waals surface area contributed by atoms with E-state index in [4.69, 9.17) is 4.74 Å². The SMILES string of the molecule is CCOC(C)CNc1nc(C)cs1. The molecule has 13 heavy (non-hydrogen) atoms. The summed E-state index contributed by atoms with van der Waals surface area (Å²) in [4.78, 5) is 4.29. The van der Waals surface area contributed by atoms with E-state index in [1.807, 2.05) is 19.2 Å². The Labute approximate surface area is 83.1 Å². The lowest BCUT2D eigenvalue weighted by Crippen LogP contribution is -2.19. The van der Waals surface area contributed by atoms with Crippen LogP contribution in [-0.4, -0.2) is 24.2 Å². The van der Waals surface area contributed by atoms with Crippen LogP contribution in [0.5, 0.6) is 0 Å². The highest BCUT2D eigenvalue weighted by molar-refractivity contribution is 7.13. The number of nitrogens with zero attached hydrogens (tertiary/aromatic N) is 1. The number of thiazole rings is 1. The minimum Gasteiger partial charge on any atom is -0.377 e. The highest BCUT2D eigenvalue weighted by atomic mass is 32.1. The summed E-state index contributed by atoms with van der Waals surface area (Å²) in [6, 6.07) is 0. The second-order valence-electron chi connectivity index (χ2n) is 2.94. The van der Waals surface area contributed by atoms with Crippen molar-refractivity contribution < 1.29 is 4.74 Å². The Kier molecular flexibility index (Phi) is 4.18. The van der Waals surface area contributed by atoms with Gasteiger partial charge in [-0.05, 0) is 20.8 Å². The molecule has 0 radical (unpaired) electrons. The quantitative estimate of drug-likeness (QED) is 0.792. The summed E-state index contributed by atoms with van der Waals surface area (Å²) in [5.74, 6) is 0. The van der Waals surface area contributed by atoms with Crippen LogP contribution in [-0.2, 0) is 4.74 Å². The third kappa shape index (κ3) is 3.74. The van der Waals surface area contributed by atoms with Crippen LogP contribution in [0.3, 0.4) is 0 Å². The van der Waals surface area contributed by atoms with Crippen molar-refractivity contribution in [2.24, 2.45) is 0 Å². The fraction of sp³-hybridized carbons (Fsp3) is 0.667. The third-order valence-corrected chi connectivity index (χ3v) is 2.53. The van der Waals surface area contributed by atoms with Gasteiger partial charge in [0, 0.05) is 18.5 Å². The van der Waals surface area contributed by atoms with Crippen LogP contribution >= 0.6 is 11.3 Å². The van der Waals surface area contributed by atoms with Gasteiger partial charge in [0.05, 0.1) is 11.8 Å². The zero-order chi connectivity index (χ0) is 9.68. The molecule has 0 amide bonds. The lowest BCUT2D eigenvalue weighted by molar-refractivity contribution is 0.0855. The summed E-state index contributed by atoms with van der Waals surface area (Å²) < 4.78 is 5.38. The second-order valence-corrected chi connectivity index (χ2v) is 3.80. The largest absolute Gasteiger partial charge is 0.377 e. The lowest BCUT2D eigenvalue weighted by atomic mass is 10.4. The molecule has 1 N–H and O–H groups in total. The van der Waals surface area contributed by atoms with Crippen molar-refractivity contribution in [3.8, 4) is 0 Å². The molecule has 1 heterocycles. The van der Waals surface area contributed by atoms with E-state index in [2.05, 4.69) is 17.2 Å². The molecule has 0 saturated heterocycles. The van der Waals surface area contributed by atoms with Gasteiger partial charge in [-0.25, -0.2) is 4.98 Å². The number of ether oxygens (including phenoxy) is 1. The van der Waals surface area contributed by atoms with Crippen LogP contribution in [0.4, 0.5) is 5.13 Å². The monoisotopic (exact) mass is 200 g/mol. The highest BCUT2D eigenvalue weighted by Gasteiger charge is 2.02. The summed E-state index contributed by atoms with van der Waals surface area (Å²) in [5, 5.41) is 6.24. The minimum atomic E-state index is 0.245. The van der Waals surface area contributed by atoms with Crippen molar-refractivity contribution in [3.63, 3.8) is 0 Å². The smallest absolute Gasteiger partial charge is 0.182 e. The molecule has 0 bridgehead atoms. The van der Waals surface area contributed by atoms with Crippen LogP contribution in [0.25, 0.3) is 0 Å². The van der Waals surface area contributed by atoms with Gasteiger partial charge in [-0.2, -0.15) is 0 Å². The zero-order valence-electron chi connectivity index (χ0n) is 8.33. The van der Waals surface area contributed by atoms with Gasteiger partial charge in [0.2, 0.25) is 0 Å². The van der Waals surface area contributed by atoms with Crippen LogP contribution < -0.4 is 5.32 Å². The summed E-state index contributed by atoms with van der Waals surface area (Å²) in [6.45, 7) is 7.63. The minimum absolute atomic E-state index is 0.245. The van der Waals surface area contributed by atoms with Crippen LogP contribution in [0.15, 0.2) is 5.38 Å². The third-order valence-electron chi connectivity index (χ3n) is 1.61. The molecular weight excluding hydrogens is 184 g/mol. The van der Waals surface area contributed by atoms with E-state index in [0.717, 1.165) is 24.0 Å². The molecule has 0 fully saturated rings. The maximum Gasteiger partial charge on any atom is 0.182 e.